The summed E-state index contributed by atoms with van der Waals surface area (Å²) in [6.07, 6.45) is 0. The first-order valence-corrected chi connectivity index (χ1v) is 7.20. The number of carbonyl (C=O) groups excluding carboxylic acids is 1. The molecule has 4 N–H and O–H groups in total. The number of nitrogens with two attached hydrogens (primary N) is 1. The number of rotatable bonds is 5. The van der Waals surface area contributed by atoms with Gasteiger partial charge in [-0.25, -0.2) is 0 Å². The molecule has 1 aromatic heterocycles. The maximum absolute atomic E-state index is 12.5. The van der Waals surface area contributed by atoms with Gasteiger partial charge < -0.3 is 20.8 Å². The molecule has 0 aliphatic rings. The van der Waals surface area contributed by atoms with Crippen LogP contribution in [0.2, 0.25) is 0 Å². The number of nitrogen functional groups attached to an aromatic ring is 1. The van der Waals surface area contributed by atoms with E-state index in [0.717, 1.165) is 15.6 Å². The first-order valence-electron chi connectivity index (χ1n) is 6.38. The molecule has 0 atom stereocenters. The Balaban J connectivity index is 2.43. The van der Waals surface area contributed by atoms with Crippen LogP contribution in [0.5, 0.6) is 0 Å². The van der Waals surface area contributed by atoms with Crippen LogP contribution in [0.25, 0.3) is 10.1 Å². The summed E-state index contributed by atoms with van der Waals surface area (Å²) in [6, 6.07) is 5.79. The minimum atomic E-state index is -0.244. The van der Waals surface area contributed by atoms with Crippen molar-refractivity contribution in [1.29, 1.82) is 0 Å². The number of aliphatic hydroxyl groups excluding tert-OH is 2. The number of anilines is 1. The van der Waals surface area contributed by atoms with Gasteiger partial charge in [-0.2, -0.15) is 0 Å². The van der Waals surface area contributed by atoms with Crippen LogP contribution in [0.4, 0.5) is 5.69 Å². The standard InChI is InChI=1S/C14H18N2O3S/c1-9-3-2-4-10-11(15)13(20-12(9)10)14(19)16(5-7-17)6-8-18/h2-4,17-18H,5-8,15H2,1H3. The molecule has 2 rings (SSSR count). The van der Waals surface area contributed by atoms with Crippen LogP contribution >= 0.6 is 11.3 Å². The fourth-order valence-electron chi connectivity index (χ4n) is 2.14. The van der Waals surface area contributed by atoms with Crippen molar-refractivity contribution in [2.24, 2.45) is 0 Å². The second kappa shape index (κ2) is 6.21. The van der Waals surface area contributed by atoms with Gasteiger partial charge >= 0.3 is 0 Å². The van der Waals surface area contributed by atoms with Gasteiger partial charge in [-0.15, -0.1) is 11.3 Å². The molecule has 108 valence electrons. The molecule has 0 aliphatic carbocycles. The van der Waals surface area contributed by atoms with E-state index in [1.807, 2.05) is 25.1 Å². The second-order valence-electron chi connectivity index (χ2n) is 4.54. The quantitative estimate of drug-likeness (QED) is 0.774. The van der Waals surface area contributed by atoms with E-state index in [4.69, 9.17) is 15.9 Å². The molecule has 0 aliphatic heterocycles. The van der Waals surface area contributed by atoms with Crippen LogP contribution in [0.15, 0.2) is 18.2 Å². The van der Waals surface area contributed by atoms with Gasteiger partial charge in [-0.1, -0.05) is 18.2 Å². The Hall–Kier alpha value is -1.63. The summed E-state index contributed by atoms with van der Waals surface area (Å²) in [5.74, 6) is -0.244. The lowest BCUT2D eigenvalue weighted by Crippen LogP contribution is -2.35. The fraction of sp³-hybridized carbons (Fsp3) is 0.357. The zero-order chi connectivity index (χ0) is 14.7. The number of benzene rings is 1. The zero-order valence-corrected chi connectivity index (χ0v) is 12.1. The second-order valence-corrected chi connectivity index (χ2v) is 5.56. The summed E-state index contributed by atoms with van der Waals surface area (Å²) in [7, 11) is 0. The van der Waals surface area contributed by atoms with Crippen LogP contribution in [0.3, 0.4) is 0 Å². The monoisotopic (exact) mass is 294 g/mol. The van der Waals surface area contributed by atoms with Crippen molar-refractivity contribution in [3.8, 4) is 0 Å². The van der Waals surface area contributed by atoms with Crippen LogP contribution in [0, 0.1) is 6.92 Å². The lowest BCUT2D eigenvalue weighted by Gasteiger charge is -2.20. The molecule has 0 saturated carbocycles. The number of aliphatic hydroxyl groups is 2. The molecule has 1 heterocycles. The minimum Gasteiger partial charge on any atom is -0.397 e. The molecule has 20 heavy (non-hydrogen) atoms. The number of fused-ring (bicyclic) bond motifs is 1. The van der Waals surface area contributed by atoms with Crippen molar-refractivity contribution in [3.63, 3.8) is 0 Å². The molecule has 0 radical (unpaired) electrons. The zero-order valence-electron chi connectivity index (χ0n) is 11.3. The molecule has 0 spiro atoms. The molecule has 0 saturated heterocycles. The van der Waals surface area contributed by atoms with Crippen LogP contribution in [-0.2, 0) is 0 Å². The van der Waals surface area contributed by atoms with Crippen molar-refractivity contribution >= 4 is 33.0 Å². The first-order chi connectivity index (χ1) is 9.60. The number of hydrogen-bond acceptors (Lipinski definition) is 5. The smallest absolute Gasteiger partial charge is 0.266 e. The summed E-state index contributed by atoms with van der Waals surface area (Å²) >= 11 is 1.36. The largest absolute Gasteiger partial charge is 0.397 e. The number of aryl methyl sites for hydroxylation is 1. The number of nitrogens with zero attached hydrogens (tertiary/aromatic N) is 1. The van der Waals surface area contributed by atoms with Gasteiger partial charge in [0.15, 0.2) is 0 Å². The predicted octanol–water partition coefficient (Wildman–Crippen LogP) is 1.22. The topological polar surface area (TPSA) is 86.8 Å². The maximum atomic E-state index is 12.5. The van der Waals surface area contributed by atoms with Crippen molar-refractivity contribution in [3.05, 3.63) is 28.6 Å². The predicted molar refractivity (Wildman–Crippen MR) is 81.0 cm³/mol. The van der Waals surface area contributed by atoms with Gasteiger partial charge in [-0.3, -0.25) is 4.79 Å². The maximum Gasteiger partial charge on any atom is 0.266 e. The summed E-state index contributed by atoms with van der Waals surface area (Å²) in [5.41, 5.74) is 7.63. The van der Waals surface area contributed by atoms with Crippen LogP contribution < -0.4 is 5.73 Å². The summed E-state index contributed by atoms with van der Waals surface area (Å²) < 4.78 is 1.00. The van der Waals surface area contributed by atoms with E-state index in [9.17, 15) is 4.79 Å². The third-order valence-electron chi connectivity index (χ3n) is 3.17. The van der Waals surface area contributed by atoms with Crippen molar-refractivity contribution in [2.45, 2.75) is 6.92 Å². The van der Waals surface area contributed by atoms with E-state index in [1.165, 1.54) is 16.2 Å². The average molecular weight is 294 g/mol. The molecular formula is C14H18N2O3S. The number of carbonyl (C=O) groups is 1. The first kappa shape index (κ1) is 14.8. The minimum absolute atomic E-state index is 0.143. The van der Waals surface area contributed by atoms with Gasteiger partial charge in [0.25, 0.3) is 5.91 Å². The molecule has 0 unspecified atom stereocenters. The number of amides is 1. The van der Waals surface area contributed by atoms with E-state index in [1.54, 1.807) is 0 Å². The Bertz CT molecular complexity index is 618. The van der Waals surface area contributed by atoms with Crippen molar-refractivity contribution in [2.75, 3.05) is 32.0 Å². The molecule has 5 nitrogen and oxygen atoms in total. The highest BCUT2D eigenvalue weighted by atomic mass is 32.1. The molecular weight excluding hydrogens is 276 g/mol. The Morgan fingerprint density at radius 1 is 1.30 bits per heavy atom. The third kappa shape index (κ3) is 2.63. The SMILES string of the molecule is Cc1cccc2c(N)c(C(=O)N(CCO)CCO)sc12. The molecule has 2 aromatic rings. The Kier molecular flexibility index (Phi) is 4.59. The summed E-state index contributed by atoms with van der Waals surface area (Å²) in [5, 5.41) is 18.9. The van der Waals surface area contributed by atoms with Crippen molar-refractivity contribution < 1.29 is 15.0 Å². The van der Waals surface area contributed by atoms with E-state index >= 15 is 0 Å². The van der Waals surface area contributed by atoms with Gasteiger partial charge in [0, 0.05) is 23.2 Å². The Labute approximate surface area is 121 Å². The number of thiophene rings is 1. The number of hydrogen-bond donors (Lipinski definition) is 3. The van der Waals surface area contributed by atoms with Crippen LogP contribution in [0.1, 0.15) is 15.2 Å². The molecule has 6 heteroatoms. The Morgan fingerprint density at radius 3 is 2.50 bits per heavy atom. The average Bonchev–Trinajstić information content (AvgIpc) is 2.77. The van der Waals surface area contributed by atoms with E-state index in [-0.39, 0.29) is 32.2 Å². The van der Waals surface area contributed by atoms with Gasteiger partial charge in [0.2, 0.25) is 0 Å². The van der Waals surface area contributed by atoms with E-state index in [2.05, 4.69) is 0 Å². The lowest BCUT2D eigenvalue weighted by atomic mass is 10.1. The third-order valence-corrected chi connectivity index (χ3v) is 4.52. The van der Waals surface area contributed by atoms with E-state index in [0.29, 0.717) is 10.6 Å². The van der Waals surface area contributed by atoms with Crippen molar-refractivity contribution in [1.82, 2.24) is 4.90 Å². The summed E-state index contributed by atoms with van der Waals surface area (Å²) in [4.78, 5) is 14.3. The highest BCUT2D eigenvalue weighted by Gasteiger charge is 2.22. The highest BCUT2D eigenvalue weighted by Crippen LogP contribution is 2.36. The van der Waals surface area contributed by atoms with Gasteiger partial charge in [-0.05, 0) is 12.5 Å². The molecule has 0 bridgehead atoms. The van der Waals surface area contributed by atoms with Gasteiger partial charge in [0.1, 0.15) is 4.88 Å². The van der Waals surface area contributed by atoms with E-state index < -0.39 is 0 Å². The highest BCUT2D eigenvalue weighted by molar-refractivity contribution is 7.21. The van der Waals surface area contributed by atoms with Gasteiger partial charge in [0.05, 0.1) is 18.9 Å². The Morgan fingerprint density at radius 2 is 1.95 bits per heavy atom. The molecule has 1 aromatic carbocycles. The fourth-order valence-corrected chi connectivity index (χ4v) is 3.30. The lowest BCUT2D eigenvalue weighted by molar-refractivity contribution is 0.0690. The molecule has 0 fully saturated rings. The molecule has 1 amide bonds. The summed E-state index contributed by atoms with van der Waals surface area (Å²) in [6.45, 7) is 2.06. The van der Waals surface area contributed by atoms with Crippen LogP contribution in [-0.4, -0.2) is 47.3 Å². The normalized spacial score (nSPS) is 10.9.